The Hall–Kier alpha value is -0.850. The predicted molar refractivity (Wildman–Crippen MR) is 57.2 cm³/mol. The Kier molecular flexibility index (Phi) is 4.68. The normalized spacial score (nSPS) is 15.3. The summed E-state index contributed by atoms with van der Waals surface area (Å²) in [7, 11) is 0. The molecule has 0 aliphatic heterocycles. The molecular formula is C12H19F. The summed E-state index contributed by atoms with van der Waals surface area (Å²) in [6, 6.07) is 0. The molecule has 0 nitrogen and oxygen atoms in total. The summed E-state index contributed by atoms with van der Waals surface area (Å²) in [5, 5.41) is 0. The van der Waals surface area contributed by atoms with Crippen LogP contribution in [0.1, 0.15) is 34.6 Å². The minimum Gasteiger partial charge on any atom is -0.207 e. The van der Waals surface area contributed by atoms with E-state index in [1.165, 1.54) is 0 Å². The fraction of sp³-hybridized carbons (Fsp3) is 0.500. The third kappa shape index (κ3) is 3.17. The van der Waals surface area contributed by atoms with Gasteiger partial charge in [0.15, 0.2) is 0 Å². The van der Waals surface area contributed by atoms with Gasteiger partial charge in [0.25, 0.3) is 0 Å². The van der Waals surface area contributed by atoms with Gasteiger partial charge >= 0.3 is 0 Å². The molecule has 0 spiro atoms. The second-order valence-corrected chi connectivity index (χ2v) is 3.66. The Morgan fingerprint density at radius 3 is 2.00 bits per heavy atom. The van der Waals surface area contributed by atoms with E-state index in [4.69, 9.17) is 0 Å². The molecule has 0 aromatic heterocycles. The Bertz CT molecular complexity index is 254. The van der Waals surface area contributed by atoms with Crippen LogP contribution >= 0.6 is 0 Å². The molecule has 0 heterocycles. The van der Waals surface area contributed by atoms with Gasteiger partial charge in [-0.1, -0.05) is 26.5 Å². The summed E-state index contributed by atoms with van der Waals surface area (Å²) in [4.78, 5) is 0. The molecule has 0 saturated carbocycles. The summed E-state index contributed by atoms with van der Waals surface area (Å²) < 4.78 is 13.7. The highest BCUT2D eigenvalue weighted by Crippen LogP contribution is 2.23. The SMILES string of the molecule is C=C/C(C)=C(C)\C(F)=C(/C)C(C)C. The van der Waals surface area contributed by atoms with Crippen LogP contribution in [-0.2, 0) is 0 Å². The maximum absolute atomic E-state index is 13.7. The molecule has 74 valence electrons. The van der Waals surface area contributed by atoms with Gasteiger partial charge in [0.1, 0.15) is 5.83 Å². The van der Waals surface area contributed by atoms with E-state index in [2.05, 4.69) is 6.58 Å². The van der Waals surface area contributed by atoms with Gasteiger partial charge in [-0.3, -0.25) is 0 Å². The number of halogens is 1. The highest BCUT2D eigenvalue weighted by Gasteiger charge is 2.08. The zero-order valence-corrected chi connectivity index (χ0v) is 9.24. The molecule has 0 bridgehead atoms. The lowest BCUT2D eigenvalue weighted by atomic mass is 9.99. The van der Waals surface area contributed by atoms with Crippen molar-refractivity contribution in [3.05, 3.63) is 35.2 Å². The van der Waals surface area contributed by atoms with E-state index in [1.807, 2.05) is 27.7 Å². The van der Waals surface area contributed by atoms with E-state index in [-0.39, 0.29) is 11.7 Å². The maximum Gasteiger partial charge on any atom is 0.125 e. The van der Waals surface area contributed by atoms with E-state index in [1.54, 1.807) is 13.0 Å². The van der Waals surface area contributed by atoms with Crippen LogP contribution in [0.4, 0.5) is 4.39 Å². The van der Waals surface area contributed by atoms with Crippen molar-refractivity contribution in [2.24, 2.45) is 5.92 Å². The van der Waals surface area contributed by atoms with Gasteiger partial charge in [-0.25, -0.2) is 4.39 Å². The van der Waals surface area contributed by atoms with Crippen molar-refractivity contribution in [3.63, 3.8) is 0 Å². The first-order valence-corrected chi connectivity index (χ1v) is 4.58. The Morgan fingerprint density at radius 1 is 1.23 bits per heavy atom. The zero-order valence-electron chi connectivity index (χ0n) is 9.24. The van der Waals surface area contributed by atoms with Crippen molar-refractivity contribution in [2.45, 2.75) is 34.6 Å². The fourth-order valence-corrected chi connectivity index (χ4v) is 0.875. The fourth-order valence-electron chi connectivity index (χ4n) is 0.875. The molecule has 0 unspecified atom stereocenters. The van der Waals surface area contributed by atoms with E-state index in [0.717, 1.165) is 11.1 Å². The summed E-state index contributed by atoms with van der Waals surface area (Å²) in [5.74, 6) is 0.167. The van der Waals surface area contributed by atoms with Crippen molar-refractivity contribution in [2.75, 3.05) is 0 Å². The second-order valence-electron chi connectivity index (χ2n) is 3.66. The first-order chi connectivity index (χ1) is 5.91. The highest BCUT2D eigenvalue weighted by molar-refractivity contribution is 5.36. The van der Waals surface area contributed by atoms with Crippen LogP contribution < -0.4 is 0 Å². The van der Waals surface area contributed by atoms with Gasteiger partial charge in [0, 0.05) is 0 Å². The van der Waals surface area contributed by atoms with Crippen LogP contribution in [0, 0.1) is 5.92 Å². The van der Waals surface area contributed by atoms with Crippen LogP contribution in [0.5, 0.6) is 0 Å². The minimum absolute atomic E-state index is 0.0904. The van der Waals surface area contributed by atoms with Gasteiger partial charge in [-0.2, -0.15) is 0 Å². The molecule has 0 aromatic carbocycles. The molecule has 0 aliphatic carbocycles. The monoisotopic (exact) mass is 182 g/mol. The smallest absolute Gasteiger partial charge is 0.125 e. The molecule has 13 heavy (non-hydrogen) atoms. The third-order valence-electron chi connectivity index (χ3n) is 2.44. The summed E-state index contributed by atoms with van der Waals surface area (Å²) in [6.45, 7) is 13.1. The lowest BCUT2D eigenvalue weighted by molar-refractivity contribution is 0.605. The lowest BCUT2D eigenvalue weighted by Gasteiger charge is -2.09. The summed E-state index contributed by atoms with van der Waals surface area (Å²) in [5.41, 5.74) is 2.40. The topological polar surface area (TPSA) is 0 Å². The largest absolute Gasteiger partial charge is 0.207 e. The van der Waals surface area contributed by atoms with E-state index in [0.29, 0.717) is 5.57 Å². The predicted octanol–water partition coefficient (Wildman–Crippen LogP) is 4.41. The van der Waals surface area contributed by atoms with Crippen molar-refractivity contribution in [1.29, 1.82) is 0 Å². The first-order valence-electron chi connectivity index (χ1n) is 4.58. The van der Waals surface area contributed by atoms with Crippen molar-refractivity contribution < 1.29 is 4.39 Å². The van der Waals surface area contributed by atoms with Crippen molar-refractivity contribution in [1.82, 2.24) is 0 Å². The minimum atomic E-state index is -0.0904. The number of hydrogen-bond acceptors (Lipinski definition) is 0. The average Bonchev–Trinajstić information content (AvgIpc) is 2.12. The molecule has 0 N–H and O–H groups in total. The zero-order chi connectivity index (χ0) is 10.6. The standard InChI is InChI=1S/C12H19F/c1-7-9(4)11(6)12(13)10(5)8(2)3/h7-8H,1H2,2-6H3/b11-9-,12-10-. The molecule has 0 aliphatic rings. The van der Waals surface area contributed by atoms with Crippen LogP contribution in [0.25, 0.3) is 0 Å². The van der Waals surface area contributed by atoms with Crippen molar-refractivity contribution >= 4 is 0 Å². The number of hydrogen-bond donors (Lipinski definition) is 0. The van der Waals surface area contributed by atoms with Gasteiger partial charge in [-0.15, -0.1) is 0 Å². The molecule has 0 amide bonds. The third-order valence-corrected chi connectivity index (χ3v) is 2.44. The van der Waals surface area contributed by atoms with E-state index in [9.17, 15) is 4.39 Å². The molecular weight excluding hydrogens is 163 g/mol. The number of rotatable bonds is 3. The second kappa shape index (κ2) is 5.00. The summed E-state index contributed by atoms with van der Waals surface area (Å²) >= 11 is 0. The van der Waals surface area contributed by atoms with Crippen LogP contribution in [0.15, 0.2) is 35.2 Å². The Balaban J connectivity index is 5.10. The summed E-state index contributed by atoms with van der Waals surface area (Å²) in [6.07, 6.45) is 1.68. The molecule has 0 fully saturated rings. The maximum atomic E-state index is 13.7. The quantitative estimate of drug-likeness (QED) is 0.567. The van der Waals surface area contributed by atoms with Crippen LogP contribution in [0.3, 0.4) is 0 Å². The van der Waals surface area contributed by atoms with E-state index < -0.39 is 0 Å². The molecule has 0 atom stereocenters. The van der Waals surface area contributed by atoms with Crippen LogP contribution in [0.2, 0.25) is 0 Å². The lowest BCUT2D eigenvalue weighted by Crippen LogP contribution is -1.94. The Morgan fingerprint density at radius 2 is 1.69 bits per heavy atom. The van der Waals surface area contributed by atoms with Crippen LogP contribution in [-0.4, -0.2) is 0 Å². The average molecular weight is 182 g/mol. The van der Waals surface area contributed by atoms with Gasteiger partial charge in [0.05, 0.1) is 0 Å². The van der Waals surface area contributed by atoms with Gasteiger partial charge < -0.3 is 0 Å². The van der Waals surface area contributed by atoms with Gasteiger partial charge in [-0.05, 0) is 43.4 Å². The molecule has 0 rings (SSSR count). The molecule has 0 radical (unpaired) electrons. The molecule has 0 saturated heterocycles. The Labute approximate surface area is 80.9 Å². The molecule has 0 aromatic rings. The molecule has 1 heteroatoms. The van der Waals surface area contributed by atoms with E-state index >= 15 is 0 Å². The first kappa shape index (κ1) is 12.2. The number of allylic oxidation sites excluding steroid dienone is 5. The highest BCUT2D eigenvalue weighted by atomic mass is 19.1. The van der Waals surface area contributed by atoms with Gasteiger partial charge in [0.2, 0.25) is 0 Å². The van der Waals surface area contributed by atoms with Crippen molar-refractivity contribution in [3.8, 4) is 0 Å².